The van der Waals surface area contributed by atoms with E-state index < -0.39 is 40.1 Å². The van der Waals surface area contributed by atoms with Crippen LogP contribution in [0.5, 0.6) is 0 Å². The minimum Gasteiger partial charge on any atom is -0.412 e. The summed E-state index contributed by atoms with van der Waals surface area (Å²) in [6.07, 6.45) is 8.05. The van der Waals surface area contributed by atoms with E-state index in [9.17, 15) is 33.7 Å². The van der Waals surface area contributed by atoms with Gasteiger partial charge in [0.25, 0.3) is 0 Å². The smallest absolute Gasteiger partial charge is 0.194 e. The number of nitrogens with one attached hydrogen (secondary N) is 6. The molecular weight excluding hydrogens is 1460 g/mol. The van der Waals surface area contributed by atoms with Crippen LogP contribution in [0.1, 0.15) is 145 Å². The first-order valence-corrected chi connectivity index (χ1v) is 41.9. The molecule has 7 aromatic rings. The fourth-order valence-electron chi connectivity index (χ4n) is 12.7. The van der Waals surface area contributed by atoms with E-state index in [1.54, 1.807) is 27.7 Å². The molecule has 21 nitrogen and oxygen atoms in total. The molecule has 0 aliphatic carbocycles. The van der Waals surface area contributed by atoms with Gasteiger partial charge in [-0.1, -0.05) is 138 Å². The molecule has 2 aliphatic rings. The fourth-order valence-corrected chi connectivity index (χ4v) is 18.5. The maximum absolute atomic E-state index is 12.4. The third kappa shape index (κ3) is 28.8. The van der Waals surface area contributed by atoms with Crippen LogP contribution in [0, 0.1) is 107 Å². The van der Waals surface area contributed by atoms with Crippen molar-refractivity contribution in [1.29, 1.82) is 0 Å². The van der Waals surface area contributed by atoms with E-state index in [0.717, 1.165) is 168 Å². The number of aromatic nitrogens is 4. The molecule has 4 aromatic carbocycles. The molecule has 3 aromatic heterocycles. The topological polar surface area (TPSA) is 286 Å². The first kappa shape index (κ1) is 93.6. The second-order valence-electron chi connectivity index (χ2n) is 26.0. The van der Waals surface area contributed by atoms with Crippen LogP contribution in [0.2, 0.25) is 0 Å². The Labute approximate surface area is 646 Å². The molecule has 106 heavy (non-hydrogen) atoms. The predicted octanol–water partition coefficient (Wildman–Crippen LogP) is 12.0. The van der Waals surface area contributed by atoms with Crippen molar-refractivity contribution in [2.45, 2.75) is 158 Å². The van der Waals surface area contributed by atoms with E-state index >= 15 is 0 Å². The Hall–Kier alpha value is -6.56. The van der Waals surface area contributed by atoms with Crippen molar-refractivity contribution in [2.24, 2.45) is 0 Å². The molecule has 8 bridgehead atoms. The number of hydrogen-bond acceptors (Lipinski definition) is 14. The van der Waals surface area contributed by atoms with Gasteiger partial charge in [-0.15, -0.1) is 44.5 Å². The summed E-state index contributed by atoms with van der Waals surface area (Å²) in [4.78, 5) is 26.2. The number of likely N-dealkylation sites (N-methyl/N-ethyl adjacent to an activating group) is 4. The number of aromatic amines is 2. The largest absolute Gasteiger partial charge is 0.412 e. The second-order valence-corrected chi connectivity index (χ2v) is 32.8. The fraction of sp³-hybridized carbons (Fsp3) is 0.450. The second kappa shape index (κ2) is 44.2. The first-order chi connectivity index (χ1) is 49.0. The molecule has 9 rings (SSSR count). The Kier molecular flexibility index (Phi) is 39.0. The summed E-state index contributed by atoms with van der Waals surface area (Å²) in [5.74, 6) is 0. The minimum atomic E-state index is -3.46. The Morgan fingerprint density at radius 3 is 0.717 bits per heavy atom. The third-order valence-corrected chi connectivity index (χ3v) is 24.6. The van der Waals surface area contributed by atoms with E-state index in [1.165, 1.54) is 0 Å². The van der Waals surface area contributed by atoms with E-state index in [2.05, 4.69) is 168 Å². The van der Waals surface area contributed by atoms with Gasteiger partial charge in [-0.05, 0) is 145 Å². The zero-order valence-electron chi connectivity index (χ0n) is 66.0. The maximum atomic E-state index is 12.4. The number of sulfonamides is 4. The van der Waals surface area contributed by atoms with Crippen LogP contribution in [-0.4, -0.2) is 183 Å². The molecule has 0 saturated carbocycles. The zero-order chi connectivity index (χ0) is 77.3. The third-order valence-electron chi connectivity index (χ3n) is 17.6. The SMILES string of the molecule is C1=Cc2cc3ccc(cc4ccc(cc5nc(cc1n2)C=C5)[nH]4)[nH]3.CCN(CC)CCNS(=O)(=O)c1c(C)[c-]c(C)cc1C.CCN(CC)CCNS(=O)(=O)c1c(C)[c-]c(C)cc1C.CCN(CC)CCNS(=O)(=O)c1c(C)[c-]c(C)cc1C.CCN(CC)CCNS(=O)(=O)c1c(C)[c-]c(C)cc1C.O.[Mn]. The van der Waals surface area contributed by atoms with Gasteiger partial charge in [0, 0.05) is 91.5 Å². The number of benzene rings is 4. The van der Waals surface area contributed by atoms with Crippen LogP contribution in [0.4, 0.5) is 0 Å². The molecule has 5 heterocycles. The van der Waals surface area contributed by atoms with Crippen molar-refractivity contribution < 1.29 is 56.2 Å². The van der Waals surface area contributed by atoms with Crippen LogP contribution >= 0.6 is 0 Å². The maximum Gasteiger partial charge on any atom is 0.194 e. The zero-order valence-corrected chi connectivity index (χ0v) is 70.5. The van der Waals surface area contributed by atoms with Gasteiger partial charge in [-0.2, -0.15) is 70.8 Å². The van der Waals surface area contributed by atoms with Crippen molar-refractivity contribution in [3.05, 3.63) is 187 Å². The van der Waals surface area contributed by atoms with Crippen molar-refractivity contribution >= 4 is 86.5 Å². The average Bonchev–Trinajstić information content (AvgIpc) is 1.32. The van der Waals surface area contributed by atoms with Gasteiger partial charge in [0.1, 0.15) is 0 Å². The molecule has 0 fully saturated rings. The monoisotopic (exact) mass is 1570 g/mol. The quantitative estimate of drug-likeness (QED) is 0.0196. The Balaban J connectivity index is 0.000000343. The molecule has 1 radical (unpaired) electrons. The Bertz CT molecular complexity index is 4130. The first-order valence-electron chi connectivity index (χ1n) is 36.0. The van der Waals surface area contributed by atoms with Crippen molar-refractivity contribution in [2.75, 3.05) is 105 Å². The van der Waals surface area contributed by atoms with E-state index in [4.69, 9.17) is 0 Å². The van der Waals surface area contributed by atoms with Gasteiger partial charge in [0.15, 0.2) is 40.1 Å². The number of H-pyrrole nitrogens is 2. The van der Waals surface area contributed by atoms with Gasteiger partial charge in [0.2, 0.25) is 0 Å². The van der Waals surface area contributed by atoms with Crippen LogP contribution in [0.25, 0.3) is 46.4 Å². The standard InChI is InChI=1S/C20H14N4.4C15H25N2O2S.Mn.H2O/c1-2-14-10-16-5-6-18(23-16)12-20-8-7-19(24-20)11-17-4-3-15(22-17)9-13(1)21-14;4*1-6-17(7-2)9-8-16-20(18,19)15-13(4)10-12(3)11-14(15)5;;/h1-12,21-22H;4*10,16H,6-9H2,1-5H3;;1H2/q;4*-1;;. The molecule has 8 N–H and O–H groups in total. The van der Waals surface area contributed by atoms with E-state index in [-0.39, 0.29) is 22.5 Å². The Morgan fingerprint density at radius 1 is 0.321 bits per heavy atom. The van der Waals surface area contributed by atoms with E-state index in [1.807, 2.05) is 122 Å². The van der Waals surface area contributed by atoms with Crippen LogP contribution in [-0.2, 0) is 57.2 Å². The molecule has 0 amide bonds. The van der Waals surface area contributed by atoms with Gasteiger partial charge in [-0.3, -0.25) is 0 Å². The predicted molar refractivity (Wildman–Crippen MR) is 432 cm³/mol. The van der Waals surface area contributed by atoms with Crippen LogP contribution in [0.3, 0.4) is 0 Å². The molecular formula is C80H116MnN12O9S4-4. The molecule has 0 saturated heterocycles. The van der Waals surface area contributed by atoms with Gasteiger partial charge in [-0.25, -0.2) is 62.5 Å². The van der Waals surface area contributed by atoms with Gasteiger partial charge >= 0.3 is 0 Å². The molecule has 0 atom stereocenters. The molecule has 26 heteroatoms. The van der Waals surface area contributed by atoms with Crippen LogP contribution in [0.15, 0.2) is 92.4 Å². The van der Waals surface area contributed by atoms with Crippen molar-refractivity contribution in [1.82, 2.24) is 58.4 Å². The normalized spacial score (nSPS) is 12.0. The van der Waals surface area contributed by atoms with Crippen molar-refractivity contribution in [3.63, 3.8) is 0 Å². The van der Waals surface area contributed by atoms with Crippen molar-refractivity contribution in [3.8, 4) is 0 Å². The number of fused-ring (bicyclic) bond motifs is 8. The number of nitrogens with zero attached hydrogens (tertiary/aromatic N) is 6. The molecule has 0 unspecified atom stereocenters. The summed E-state index contributed by atoms with van der Waals surface area (Å²) >= 11 is 0. The number of rotatable bonds is 28. The summed E-state index contributed by atoms with van der Waals surface area (Å²) in [5, 5.41) is 0. The van der Waals surface area contributed by atoms with Crippen LogP contribution < -0.4 is 18.9 Å². The summed E-state index contributed by atoms with van der Waals surface area (Å²) in [6.45, 7) is 50.7. The minimum absolute atomic E-state index is 0. The van der Waals surface area contributed by atoms with E-state index in [0.29, 0.717) is 68.0 Å². The molecule has 0 spiro atoms. The summed E-state index contributed by atoms with van der Waals surface area (Å²) < 4.78 is 110. The summed E-state index contributed by atoms with van der Waals surface area (Å²) in [7, 11) is -13.8. The summed E-state index contributed by atoms with van der Waals surface area (Å²) in [5.41, 5.74) is 17.5. The Morgan fingerprint density at radius 2 is 0.519 bits per heavy atom. The average molecular weight is 1570 g/mol. The number of aryl methyl sites for hydroxylation is 12. The molecule has 585 valence electrons. The van der Waals surface area contributed by atoms with Gasteiger partial charge in [0.05, 0.1) is 22.8 Å². The number of hydrogen-bond donors (Lipinski definition) is 6. The van der Waals surface area contributed by atoms with Gasteiger partial charge < -0.3 is 35.0 Å². The summed E-state index contributed by atoms with van der Waals surface area (Å²) in [6, 6.07) is 36.1. The molecule has 2 aliphatic heterocycles.